The molecule has 1 aliphatic heterocycles. The quantitative estimate of drug-likeness (QED) is 0.180. The Bertz CT molecular complexity index is 1050. The zero-order valence-corrected chi connectivity index (χ0v) is 28.8. The summed E-state index contributed by atoms with van der Waals surface area (Å²) in [4.78, 5) is 0. The van der Waals surface area contributed by atoms with Crippen molar-refractivity contribution in [2.75, 3.05) is 6.61 Å². The van der Waals surface area contributed by atoms with E-state index in [9.17, 15) is 0 Å². The Kier molecular flexibility index (Phi) is 33.9. The Hall–Kier alpha value is -3.84. The molecule has 0 fully saturated rings. The van der Waals surface area contributed by atoms with Gasteiger partial charge >= 0.3 is 0 Å². The van der Waals surface area contributed by atoms with E-state index < -0.39 is 0 Å². The minimum absolute atomic E-state index is 0.705. The zero-order valence-electron chi connectivity index (χ0n) is 28.8. The third-order valence-corrected chi connectivity index (χ3v) is 4.87. The highest BCUT2D eigenvalue weighted by atomic mass is 16.5. The normalized spacial score (nSPS) is 8.95. The van der Waals surface area contributed by atoms with E-state index in [-0.39, 0.29) is 0 Å². The van der Waals surface area contributed by atoms with Crippen molar-refractivity contribution in [2.45, 2.75) is 83.1 Å². The summed E-state index contributed by atoms with van der Waals surface area (Å²) in [5.74, 6) is 0.991. The van der Waals surface area contributed by atoms with Crippen molar-refractivity contribution in [3.63, 3.8) is 0 Å². The van der Waals surface area contributed by atoms with E-state index in [1.54, 1.807) is 0 Å². The molecule has 230 valence electrons. The summed E-state index contributed by atoms with van der Waals surface area (Å²) in [6.45, 7) is 24.7. The van der Waals surface area contributed by atoms with E-state index >= 15 is 0 Å². The minimum Gasteiger partial charge on any atom is -0.489 e. The second-order valence-corrected chi connectivity index (χ2v) is 6.95. The average molecular weight is 569 g/mol. The molecular weight excluding hydrogens is 508 g/mol. The van der Waals surface area contributed by atoms with Crippen LogP contribution in [0.2, 0.25) is 0 Å². The van der Waals surface area contributed by atoms with Crippen LogP contribution in [0.15, 0.2) is 127 Å². The van der Waals surface area contributed by atoms with Crippen LogP contribution in [0.3, 0.4) is 0 Å². The highest BCUT2D eigenvalue weighted by molar-refractivity contribution is 5.82. The topological polar surface area (TPSA) is 9.23 Å². The molecule has 0 amide bonds. The maximum atomic E-state index is 5.34. The Labute approximate surface area is 260 Å². The second kappa shape index (κ2) is 33.4. The van der Waals surface area contributed by atoms with Crippen molar-refractivity contribution >= 4 is 27.6 Å². The smallest absolute Gasteiger partial charge is 0.126 e. The van der Waals surface area contributed by atoms with Gasteiger partial charge in [0.15, 0.2) is 0 Å². The van der Waals surface area contributed by atoms with Crippen LogP contribution in [-0.2, 0) is 0 Å². The van der Waals surface area contributed by atoms with Gasteiger partial charge < -0.3 is 4.74 Å². The van der Waals surface area contributed by atoms with E-state index in [2.05, 4.69) is 103 Å². The SMILES string of the molecule is C1=Cc2ccccc2OC1.CC.CC.CC.CC.CC.CC.c1ccc2ccccc2c1.c1ccc2ccccc2c1. The van der Waals surface area contributed by atoms with Crippen LogP contribution in [0, 0.1) is 0 Å². The maximum absolute atomic E-state index is 5.34. The fourth-order valence-electron chi connectivity index (χ4n) is 3.33. The largest absolute Gasteiger partial charge is 0.489 e. The lowest BCUT2D eigenvalue weighted by atomic mass is 10.1. The van der Waals surface area contributed by atoms with Crippen LogP contribution in [0.4, 0.5) is 0 Å². The second-order valence-electron chi connectivity index (χ2n) is 6.95. The summed E-state index contributed by atoms with van der Waals surface area (Å²) in [7, 11) is 0. The van der Waals surface area contributed by atoms with Gasteiger partial charge in [0.05, 0.1) is 0 Å². The zero-order chi connectivity index (χ0) is 32.4. The molecule has 0 saturated heterocycles. The van der Waals surface area contributed by atoms with Gasteiger partial charge in [-0.2, -0.15) is 0 Å². The molecule has 0 aromatic heterocycles. The predicted molar refractivity (Wildman–Crippen MR) is 197 cm³/mol. The van der Waals surface area contributed by atoms with Crippen LogP contribution in [0.5, 0.6) is 5.75 Å². The van der Waals surface area contributed by atoms with E-state index in [0.29, 0.717) is 6.61 Å². The Morgan fingerprint density at radius 3 is 0.905 bits per heavy atom. The van der Waals surface area contributed by atoms with Crippen LogP contribution in [0.25, 0.3) is 27.6 Å². The lowest BCUT2D eigenvalue weighted by molar-refractivity contribution is 0.358. The molecule has 5 aromatic rings. The maximum Gasteiger partial charge on any atom is 0.126 e. The first kappa shape index (κ1) is 42.6. The molecule has 0 aliphatic carbocycles. The fourth-order valence-corrected chi connectivity index (χ4v) is 3.33. The summed E-state index contributed by atoms with van der Waals surface area (Å²) < 4.78 is 5.34. The molecule has 42 heavy (non-hydrogen) atoms. The van der Waals surface area contributed by atoms with Gasteiger partial charge in [0, 0.05) is 5.56 Å². The Morgan fingerprint density at radius 1 is 0.357 bits per heavy atom. The molecule has 1 aliphatic rings. The Balaban J connectivity index is -0.000000461. The number of benzene rings is 5. The third kappa shape index (κ3) is 17.8. The summed E-state index contributed by atoms with van der Waals surface area (Å²) in [6, 6.07) is 41.5. The summed E-state index contributed by atoms with van der Waals surface area (Å²) in [5, 5.41) is 5.24. The molecule has 0 unspecified atom stereocenters. The molecule has 0 radical (unpaired) electrons. The summed E-state index contributed by atoms with van der Waals surface area (Å²) in [6.07, 6.45) is 4.10. The van der Waals surface area contributed by atoms with E-state index in [0.717, 1.165) is 5.75 Å². The van der Waals surface area contributed by atoms with Crippen molar-refractivity contribution in [1.82, 2.24) is 0 Å². The van der Waals surface area contributed by atoms with Gasteiger partial charge in [-0.25, -0.2) is 0 Å². The summed E-state index contributed by atoms with van der Waals surface area (Å²) >= 11 is 0. The molecule has 0 spiro atoms. The molecular formula is C41H60O. The molecule has 1 heterocycles. The highest BCUT2D eigenvalue weighted by Gasteiger charge is 2.01. The molecule has 6 rings (SSSR count). The predicted octanol–water partition coefficient (Wildman–Crippen LogP) is 13.9. The van der Waals surface area contributed by atoms with Crippen molar-refractivity contribution in [1.29, 1.82) is 0 Å². The van der Waals surface area contributed by atoms with Gasteiger partial charge in [0.2, 0.25) is 0 Å². The van der Waals surface area contributed by atoms with Gasteiger partial charge in [-0.15, -0.1) is 0 Å². The van der Waals surface area contributed by atoms with Gasteiger partial charge in [-0.3, -0.25) is 0 Å². The van der Waals surface area contributed by atoms with E-state index in [1.165, 1.54) is 27.1 Å². The summed E-state index contributed by atoms with van der Waals surface area (Å²) in [5.41, 5.74) is 1.17. The van der Waals surface area contributed by atoms with Crippen molar-refractivity contribution in [2.24, 2.45) is 0 Å². The van der Waals surface area contributed by atoms with E-state index in [4.69, 9.17) is 4.74 Å². The van der Waals surface area contributed by atoms with Crippen LogP contribution in [-0.4, -0.2) is 6.61 Å². The first-order chi connectivity index (χ1) is 20.9. The van der Waals surface area contributed by atoms with Crippen LogP contribution in [0.1, 0.15) is 88.6 Å². The first-order valence-corrected chi connectivity index (χ1v) is 16.2. The number of ether oxygens (including phenoxy) is 1. The molecule has 1 nitrogen and oxygen atoms in total. The standard InChI is InChI=1S/2C10H8.C9H8O.6C2H6/c2*1-2-6-10-8-4-3-7-9(10)5-1;1-2-6-9-8(4-1)5-3-7-10-9;6*1-2/h2*1-8H;1-6H,7H2;6*1-2H3. The Morgan fingerprint density at radius 2 is 0.619 bits per heavy atom. The highest BCUT2D eigenvalue weighted by Crippen LogP contribution is 2.21. The monoisotopic (exact) mass is 568 g/mol. The average Bonchev–Trinajstić information content (AvgIpc) is 3.14. The lowest BCUT2D eigenvalue weighted by Crippen LogP contribution is -1.98. The molecule has 5 aromatic carbocycles. The number of hydrogen-bond donors (Lipinski definition) is 0. The molecule has 0 saturated carbocycles. The van der Waals surface area contributed by atoms with Crippen molar-refractivity contribution in [3.8, 4) is 5.75 Å². The number of hydrogen-bond acceptors (Lipinski definition) is 1. The minimum atomic E-state index is 0.705. The number of rotatable bonds is 0. The van der Waals surface area contributed by atoms with Crippen molar-refractivity contribution < 1.29 is 4.74 Å². The van der Waals surface area contributed by atoms with Crippen LogP contribution < -0.4 is 4.74 Å². The van der Waals surface area contributed by atoms with Gasteiger partial charge in [-0.1, -0.05) is 204 Å². The number of para-hydroxylation sites is 1. The molecule has 1 heteroatoms. The van der Waals surface area contributed by atoms with Gasteiger partial charge in [0.1, 0.15) is 12.4 Å². The molecule has 0 N–H and O–H groups in total. The van der Waals surface area contributed by atoms with Crippen molar-refractivity contribution in [3.05, 3.63) is 133 Å². The lowest BCUT2D eigenvalue weighted by Gasteiger charge is -2.10. The van der Waals surface area contributed by atoms with Crippen LogP contribution >= 0.6 is 0 Å². The van der Waals surface area contributed by atoms with Gasteiger partial charge in [-0.05, 0) is 33.7 Å². The van der Waals surface area contributed by atoms with Gasteiger partial charge in [0.25, 0.3) is 0 Å². The van der Waals surface area contributed by atoms with E-state index in [1.807, 2.05) is 113 Å². The third-order valence-electron chi connectivity index (χ3n) is 4.87. The first-order valence-electron chi connectivity index (χ1n) is 16.2. The molecule has 0 bridgehead atoms. The molecule has 0 atom stereocenters. The number of fused-ring (bicyclic) bond motifs is 3. The fraction of sp³-hybridized carbons (Fsp3) is 0.317.